The quantitative estimate of drug-likeness (QED) is 0.244. The summed E-state index contributed by atoms with van der Waals surface area (Å²) >= 11 is 0. The molecule has 98 valence electrons. The fraction of sp³-hybridized carbons (Fsp3) is 0. The Morgan fingerprint density at radius 1 is 0.294 bits per heavy atom. The van der Waals surface area contributed by atoms with Gasteiger partial charge in [0.15, 0.2) is 0 Å². The molecule has 0 aliphatic carbocycles. The van der Waals surface area contributed by atoms with Crippen LogP contribution in [0.1, 0.15) is 0 Å². The van der Waals surface area contributed by atoms with Gasteiger partial charge < -0.3 is 49.3 Å². The summed E-state index contributed by atoms with van der Waals surface area (Å²) in [5, 5.41) is 0. The molecule has 0 saturated carbocycles. The fourth-order valence-corrected chi connectivity index (χ4v) is 0. The molecule has 0 unspecified atom stereocenters. The predicted octanol–water partition coefficient (Wildman–Crippen LogP) is -1.84. The van der Waals surface area contributed by atoms with Gasteiger partial charge in [-0.2, -0.15) is 0 Å². The van der Waals surface area contributed by atoms with Crippen LogP contribution < -0.4 is 0 Å². The third kappa shape index (κ3) is 206. The molecule has 17 heteroatoms. The van der Waals surface area contributed by atoms with E-state index >= 15 is 0 Å². The maximum absolute atomic E-state index is 0. The Morgan fingerprint density at radius 2 is 0.294 bits per heavy atom. The van der Waals surface area contributed by atoms with Gasteiger partial charge in [0.1, 0.15) is 0 Å². The summed E-state index contributed by atoms with van der Waals surface area (Å²) in [4.78, 5) is 0. The average molecular weight is 827 g/mol. The van der Waals surface area contributed by atoms with Crippen molar-refractivity contribution in [3.63, 3.8) is 0 Å². The molecule has 9 nitrogen and oxygen atoms in total. The average Bonchev–Trinajstić information content (AvgIpc) is 0. The Hall–Kier alpha value is 7.04. The Morgan fingerprint density at radius 3 is 0.294 bits per heavy atom. The minimum absolute atomic E-state index is 0. The van der Waals surface area contributed by atoms with E-state index in [-0.39, 0.29) is 279 Å². The van der Waals surface area contributed by atoms with Crippen LogP contribution in [-0.2, 0) is 117 Å². The number of rotatable bonds is 0. The monoisotopic (exact) mass is 827 g/mol. The molecular weight excluding hydrogens is 827 g/mol. The summed E-state index contributed by atoms with van der Waals surface area (Å²) in [6.45, 7) is 0. The molecule has 0 saturated heterocycles. The first-order valence-corrected chi connectivity index (χ1v) is 0. The molecule has 0 aromatic carbocycles. The van der Waals surface area contributed by atoms with E-state index in [9.17, 15) is 0 Å². The molecule has 0 aromatic rings. The number of hydrogen-bond donors (Lipinski definition) is 0. The van der Waals surface area contributed by atoms with Gasteiger partial charge in [0.2, 0.25) is 0 Å². The van der Waals surface area contributed by atoms with E-state index in [1.54, 1.807) is 0 Å². The van der Waals surface area contributed by atoms with Gasteiger partial charge in [0.05, 0.1) is 0 Å². The van der Waals surface area contributed by atoms with Crippen LogP contribution in [0, 0.1) is 71.2 Å². The zero-order valence-electron chi connectivity index (χ0n) is 7.62. The minimum atomic E-state index is 0. The minimum Gasteiger partial charge on any atom is -2.00 e. The van der Waals surface area contributed by atoms with Gasteiger partial charge in [-0.25, -0.2) is 0 Å². The maximum atomic E-state index is 0. The van der Waals surface area contributed by atoms with E-state index in [0.29, 0.717) is 0 Å². The fourth-order valence-electron chi connectivity index (χ4n) is 0. The second-order valence-electron chi connectivity index (χ2n) is 0. The first-order valence-electron chi connectivity index (χ1n) is 0. The largest absolute Gasteiger partial charge is 3.00 e. The Labute approximate surface area is 272 Å². The van der Waals surface area contributed by atoms with Crippen molar-refractivity contribution in [1.82, 2.24) is 0 Å². The Balaban J connectivity index is 0. The topological polar surface area (TPSA) is 256 Å². The predicted molar refractivity (Wildman–Crippen MR) is 17.7 cm³/mol. The van der Waals surface area contributed by atoms with E-state index < -0.39 is 0 Å². The molecule has 0 rings (SSSR count). The van der Waals surface area contributed by atoms with Crippen LogP contribution in [0.3, 0.4) is 0 Å². The smallest absolute Gasteiger partial charge is 2.00 e. The molecule has 0 spiro atoms. The molecule has 0 aromatic heterocycles. The van der Waals surface area contributed by atoms with Gasteiger partial charge in [-0.15, -0.1) is 0 Å². The normalized spacial score (nSPS) is 0. The standard InChI is InChI=1S/2Co.2Fe.2La.9O.2Sr/q4*+2;2*+3;9*-2;2*+2. The van der Waals surface area contributed by atoms with Gasteiger partial charge in [-0.3, -0.25) is 0 Å². The van der Waals surface area contributed by atoms with Crippen molar-refractivity contribution in [2.24, 2.45) is 0 Å². The third-order valence-corrected chi connectivity index (χ3v) is 0. The summed E-state index contributed by atoms with van der Waals surface area (Å²) in [5.74, 6) is 0. The van der Waals surface area contributed by atoms with Gasteiger partial charge in [0, 0.05) is 0 Å². The Bertz CT molecular complexity index is 33.0. The molecule has 0 amide bonds. The zero-order chi connectivity index (χ0) is 0. The molecule has 17 heavy (non-hydrogen) atoms. The molecule has 0 heterocycles. The SMILES string of the molecule is [Co+2].[Co+2].[Fe+2].[Fe+2].[La+3].[La+3].[O-2].[O-2].[O-2].[O-2].[O-2].[O-2].[O-2].[O-2].[O-2].[Sr+2].[Sr+2]. The molecular formula is Co2Fe2La2O9Sr2. The van der Waals surface area contributed by atoms with Gasteiger partial charge in [-0.05, 0) is 0 Å². The van der Waals surface area contributed by atoms with Crippen molar-refractivity contribution in [2.45, 2.75) is 0 Å². The van der Waals surface area contributed by atoms with Gasteiger partial charge in [0.25, 0.3) is 0 Å². The molecule has 0 N–H and O–H groups in total. The first-order chi connectivity index (χ1) is 0. The van der Waals surface area contributed by atoms with E-state index in [4.69, 9.17) is 0 Å². The van der Waals surface area contributed by atoms with E-state index in [0.717, 1.165) is 0 Å². The molecule has 0 fully saturated rings. The summed E-state index contributed by atoms with van der Waals surface area (Å²) in [7, 11) is 0. The molecule has 0 aliphatic rings. The van der Waals surface area contributed by atoms with Crippen LogP contribution in [0.2, 0.25) is 0 Å². The van der Waals surface area contributed by atoms with Crippen molar-refractivity contribution < 1.29 is 188 Å². The van der Waals surface area contributed by atoms with Crippen molar-refractivity contribution in [3.8, 4) is 0 Å². The van der Waals surface area contributed by atoms with E-state index in [2.05, 4.69) is 0 Å². The van der Waals surface area contributed by atoms with Crippen molar-refractivity contribution in [3.05, 3.63) is 0 Å². The second-order valence-corrected chi connectivity index (χ2v) is 0. The van der Waals surface area contributed by atoms with Gasteiger partial charge >= 0.3 is 230 Å². The first kappa shape index (κ1) is 257. The number of hydrogen-bond acceptors (Lipinski definition) is 0. The maximum Gasteiger partial charge on any atom is 3.00 e. The Kier molecular flexibility index (Phi) is 3420. The summed E-state index contributed by atoms with van der Waals surface area (Å²) in [5.41, 5.74) is 0. The summed E-state index contributed by atoms with van der Waals surface area (Å²) < 4.78 is 0. The summed E-state index contributed by atoms with van der Waals surface area (Å²) in [6, 6.07) is 0. The third-order valence-electron chi connectivity index (χ3n) is 0. The van der Waals surface area contributed by atoms with Crippen LogP contribution in [0.4, 0.5) is 0 Å². The van der Waals surface area contributed by atoms with E-state index in [1.165, 1.54) is 0 Å². The second kappa shape index (κ2) is 226. The van der Waals surface area contributed by atoms with Crippen LogP contribution in [-0.4, -0.2) is 91.0 Å². The van der Waals surface area contributed by atoms with Crippen LogP contribution in [0.25, 0.3) is 0 Å². The van der Waals surface area contributed by atoms with Crippen LogP contribution in [0.5, 0.6) is 0 Å². The van der Waals surface area contributed by atoms with Crippen molar-refractivity contribution in [1.29, 1.82) is 0 Å². The molecule has 0 aliphatic heterocycles. The molecule has 2 radical (unpaired) electrons. The zero-order valence-corrected chi connectivity index (χ0v) is 26.1. The van der Waals surface area contributed by atoms with Crippen molar-refractivity contribution >= 4 is 91.0 Å². The molecule has 0 atom stereocenters. The summed E-state index contributed by atoms with van der Waals surface area (Å²) in [6.07, 6.45) is 0. The van der Waals surface area contributed by atoms with E-state index in [1.807, 2.05) is 0 Å². The van der Waals surface area contributed by atoms with Crippen molar-refractivity contribution in [2.75, 3.05) is 0 Å². The van der Waals surface area contributed by atoms with Gasteiger partial charge in [-0.1, -0.05) is 0 Å². The van der Waals surface area contributed by atoms with Crippen LogP contribution in [0.15, 0.2) is 0 Å². The van der Waals surface area contributed by atoms with Crippen LogP contribution >= 0.6 is 0 Å². The molecule has 0 bridgehead atoms.